The number of nitrogens with zero attached hydrogens (tertiary/aromatic N) is 3. The van der Waals surface area contributed by atoms with Gasteiger partial charge >= 0.3 is 0 Å². The highest BCUT2D eigenvalue weighted by molar-refractivity contribution is 7.10. The van der Waals surface area contributed by atoms with E-state index >= 15 is 0 Å². The number of benzene rings is 1. The van der Waals surface area contributed by atoms with Gasteiger partial charge in [0.05, 0.1) is 12.1 Å². The predicted octanol–water partition coefficient (Wildman–Crippen LogP) is 4.04. The SMILES string of the molecule is Cc1ccc(-c2cc(N3CCCN(C(=O)Cc4cccs4)CC3)n[nH]2)cc1C. The molecule has 2 aromatic heterocycles. The van der Waals surface area contributed by atoms with E-state index < -0.39 is 0 Å². The van der Waals surface area contributed by atoms with Crippen LogP contribution in [0.3, 0.4) is 0 Å². The number of nitrogens with one attached hydrogen (secondary N) is 1. The fourth-order valence-corrected chi connectivity index (χ4v) is 4.30. The Balaban J connectivity index is 1.41. The second-order valence-electron chi connectivity index (χ2n) is 7.42. The van der Waals surface area contributed by atoms with E-state index in [-0.39, 0.29) is 5.91 Å². The third-order valence-electron chi connectivity index (χ3n) is 5.46. The van der Waals surface area contributed by atoms with Crippen LogP contribution >= 0.6 is 11.3 Å². The van der Waals surface area contributed by atoms with Gasteiger partial charge in [-0.1, -0.05) is 18.2 Å². The van der Waals surface area contributed by atoms with E-state index in [0.717, 1.165) is 54.6 Å². The van der Waals surface area contributed by atoms with Crippen molar-refractivity contribution < 1.29 is 4.79 Å². The highest BCUT2D eigenvalue weighted by atomic mass is 32.1. The average molecular weight is 395 g/mol. The van der Waals surface area contributed by atoms with E-state index in [1.165, 1.54) is 11.1 Å². The number of aromatic amines is 1. The highest BCUT2D eigenvalue weighted by Gasteiger charge is 2.21. The number of carbonyl (C=O) groups is 1. The molecule has 1 saturated heterocycles. The number of amides is 1. The van der Waals surface area contributed by atoms with Crippen LogP contribution in [-0.4, -0.2) is 47.2 Å². The molecular formula is C22H26N4OS. The first-order valence-corrected chi connectivity index (χ1v) is 10.7. The smallest absolute Gasteiger partial charge is 0.227 e. The molecule has 1 fully saturated rings. The van der Waals surface area contributed by atoms with E-state index in [1.54, 1.807) is 11.3 Å². The number of hydrogen-bond donors (Lipinski definition) is 1. The summed E-state index contributed by atoms with van der Waals surface area (Å²) in [6, 6.07) is 12.6. The third kappa shape index (κ3) is 4.12. The lowest BCUT2D eigenvalue weighted by molar-refractivity contribution is -0.130. The maximum atomic E-state index is 12.6. The number of carbonyl (C=O) groups excluding carboxylic acids is 1. The Labute approximate surface area is 170 Å². The second-order valence-corrected chi connectivity index (χ2v) is 8.45. The molecule has 0 radical (unpaired) electrons. The van der Waals surface area contributed by atoms with Gasteiger partial charge in [0.25, 0.3) is 0 Å². The van der Waals surface area contributed by atoms with Crippen LogP contribution in [0.4, 0.5) is 5.82 Å². The summed E-state index contributed by atoms with van der Waals surface area (Å²) in [6.07, 6.45) is 1.47. The monoisotopic (exact) mass is 394 g/mol. The molecule has 3 heterocycles. The van der Waals surface area contributed by atoms with Crippen molar-refractivity contribution in [2.24, 2.45) is 0 Å². The molecule has 4 rings (SSSR count). The minimum atomic E-state index is 0.224. The first kappa shape index (κ1) is 18.7. The zero-order valence-corrected chi connectivity index (χ0v) is 17.3. The van der Waals surface area contributed by atoms with Crippen LogP contribution in [0.2, 0.25) is 0 Å². The maximum Gasteiger partial charge on any atom is 0.227 e. The fraction of sp³-hybridized carbons (Fsp3) is 0.364. The van der Waals surface area contributed by atoms with Crippen molar-refractivity contribution in [2.75, 3.05) is 31.1 Å². The summed E-state index contributed by atoms with van der Waals surface area (Å²) < 4.78 is 0. The average Bonchev–Trinajstić information content (AvgIpc) is 3.31. The molecule has 0 spiro atoms. The van der Waals surface area contributed by atoms with E-state index in [1.807, 2.05) is 22.4 Å². The predicted molar refractivity (Wildman–Crippen MR) is 115 cm³/mol. The number of hydrogen-bond acceptors (Lipinski definition) is 4. The zero-order valence-electron chi connectivity index (χ0n) is 16.4. The Morgan fingerprint density at radius 3 is 2.79 bits per heavy atom. The minimum Gasteiger partial charge on any atom is -0.353 e. The van der Waals surface area contributed by atoms with Gasteiger partial charge < -0.3 is 9.80 Å². The molecule has 1 aromatic carbocycles. The molecule has 0 saturated carbocycles. The minimum absolute atomic E-state index is 0.224. The van der Waals surface area contributed by atoms with Crippen molar-refractivity contribution in [2.45, 2.75) is 26.7 Å². The first-order chi connectivity index (χ1) is 13.6. The Hall–Kier alpha value is -2.60. The summed E-state index contributed by atoms with van der Waals surface area (Å²) in [5.74, 6) is 1.18. The second kappa shape index (κ2) is 8.19. The van der Waals surface area contributed by atoms with Crippen molar-refractivity contribution in [3.8, 4) is 11.3 Å². The summed E-state index contributed by atoms with van der Waals surface area (Å²) in [5, 5.41) is 9.74. The molecule has 146 valence electrons. The first-order valence-electron chi connectivity index (χ1n) is 9.78. The Kier molecular flexibility index (Phi) is 5.48. The molecule has 1 aliphatic rings. The number of anilines is 1. The van der Waals surface area contributed by atoms with Gasteiger partial charge in [0, 0.05) is 37.1 Å². The molecule has 5 nitrogen and oxygen atoms in total. The summed E-state index contributed by atoms with van der Waals surface area (Å²) in [5.41, 5.74) is 4.77. The normalized spacial score (nSPS) is 14.9. The van der Waals surface area contributed by atoms with Gasteiger partial charge in [0.2, 0.25) is 5.91 Å². The van der Waals surface area contributed by atoms with Gasteiger partial charge in [-0.3, -0.25) is 9.89 Å². The van der Waals surface area contributed by atoms with Gasteiger partial charge in [-0.2, -0.15) is 5.10 Å². The summed E-state index contributed by atoms with van der Waals surface area (Å²) in [7, 11) is 0. The molecule has 0 atom stereocenters. The van der Waals surface area contributed by atoms with E-state index in [0.29, 0.717) is 6.42 Å². The zero-order chi connectivity index (χ0) is 19.5. The molecule has 1 aliphatic heterocycles. The Morgan fingerprint density at radius 2 is 2.00 bits per heavy atom. The molecule has 28 heavy (non-hydrogen) atoms. The lowest BCUT2D eigenvalue weighted by Crippen LogP contribution is -2.36. The largest absolute Gasteiger partial charge is 0.353 e. The number of thiophene rings is 1. The lowest BCUT2D eigenvalue weighted by atomic mass is 10.0. The maximum absolute atomic E-state index is 12.6. The van der Waals surface area contributed by atoms with Crippen LogP contribution in [0.25, 0.3) is 11.3 Å². The van der Waals surface area contributed by atoms with Gasteiger partial charge in [-0.25, -0.2) is 0 Å². The standard InChI is InChI=1S/C22H26N4OS/c1-16-6-7-18(13-17(16)2)20-15-21(24-23-20)25-8-4-9-26(11-10-25)22(27)14-19-5-3-12-28-19/h3,5-7,12-13,15H,4,8-11,14H2,1-2H3,(H,23,24). The summed E-state index contributed by atoms with van der Waals surface area (Å²) in [6.45, 7) is 7.55. The molecule has 0 unspecified atom stereocenters. The number of aryl methyl sites for hydroxylation is 2. The number of rotatable bonds is 4. The Morgan fingerprint density at radius 1 is 1.11 bits per heavy atom. The molecular weight excluding hydrogens is 368 g/mol. The quantitative estimate of drug-likeness (QED) is 0.727. The van der Waals surface area contributed by atoms with Crippen LogP contribution in [0.15, 0.2) is 41.8 Å². The molecule has 1 amide bonds. The molecule has 6 heteroatoms. The van der Waals surface area contributed by atoms with Crippen LogP contribution in [0.5, 0.6) is 0 Å². The van der Waals surface area contributed by atoms with Crippen molar-refractivity contribution in [1.29, 1.82) is 0 Å². The molecule has 0 aliphatic carbocycles. The summed E-state index contributed by atoms with van der Waals surface area (Å²) >= 11 is 1.65. The van der Waals surface area contributed by atoms with Crippen LogP contribution in [-0.2, 0) is 11.2 Å². The van der Waals surface area contributed by atoms with E-state index in [2.05, 4.69) is 53.2 Å². The number of aromatic nitrogens is 2. The van der Waals surface area contributed by atoms with Crippen molar-refractivity contribution in [1.82, 2.24) is 15.1 Å². The van der Waals surface area contributed by atoms with Gasteiger partial charge in [0.15, 0.2) is 5.82 Å². The van der Waals surface area contributed by atoms with Crippen LogP contribution in [0.1, 0.15) is 22.4 Å². The van der Waals surface area contributed by atoms with Crippen molar-refractivity contribution >= 4 is 23.1 Å². The topological polar surface area (TPSA) is 52.2 Å². The molecule has 1 N–H and O–H groups in total. The van der Waals surface area contributed by atoms with Crippen LogP contribution in [0, 0.1) is 13.8 Å². The van der Waals surface area contributed by atoms with Gasteiger partial charge in [-0.15, -0.1) is 11.3 Å². The third-order valence-corrected chi connectivity index (χ3v) is 6.34. The van der Waals surface area contributed by atoms with Crippen LogP contribution < -0.4 is 4.90 Å². The van der Waals surface area contributed by atoms with E-state index in [9.17, 15) is 4.79 Å². The number of H-pyrrole nitrogens is 1. The highest BCUT2D eigenvalue weighted by Crippen LogP contribution is 2.24. The van der Waals surface area contributed by atoms with E-state index in [4.69, 9.17) is 0 Å². The summed E-state index contributed by atoms with van der Waals surface area (Å²) in [4.78, 5) is 18.0. The van der Waals surface area contributed by atoms with Gasteiger partial charge in [-0.05, 0) is 54.5 Å². The molecule has 0 bridgehead atoms. The van der Waals surface area contributed by atoms with Crippen molar-refractivity contribution in [3.05, 3.63) is 57.8 Å². The molecule has 3 aromatic rings. The van der Waals surface area contributed by atoms with Crippen molar-refractivity contribution in [3.63, 3.8) is 0 Å². The van der Waals surface area contributed by atoms with Gasteiger partial charge in [0.1, 0.15) is 0 Å². The Bertz CT molecular complexity index is 947. The lowest BCUT2D eigenvalue weighted by Gasteiger charge is -2.21. The fourth-order valence-electron chi connectivity index (χ4n) is 3.60.